The van der Waals surface area contributed by atoms with Crippen molar-refractivity contribution >= 4 is 44.5 Å². The van der Waals surface area contributed by atoms with Crippen LogP contribution in [-0.4, -0.2) is 114 Å². The molecule has 3 aromatic rings. The molecule has 50 heavy (non-hydrogen) atoms. The van der Waals surface area contributed by atoms with Crippen LogP contribution in [0.3, 0.4) is 0 Å². The van der Waals surface area contributed by atoms with Gasteiger partial charge < -0.3 is 20.0 Å². The van der Waals surface area contributed by atoms with Crippen LogP contribution in [0.1, 0.15) is 56.1 Å². The third kappa shape index (κ3) is 7.68. The maximum atomic E-state index is 14.2. The molecule has 1 aromatic heterocycles. The molecule has 0 bridgehead atoms. The molecule has 2 N–H and O–H groups in total. The number of carbonyl (C=O) groups is 3. The molecule has 0 saturated carbocycles. The Morgan fingerprint density at radius 2 is 1.56 bits per heavy atom. The van der Waals surface area contributed by atoms with E-state index in [9.17, 15) is 22.8 Å². The number of H-pyrrole nitrogens is 1. The van der Waals surface area contributed by atoms with E-state index in [1.54, 1.807) is 10.5 Å². The standard InChI is InChI=1S/C37H49N7O5S/c1-50(48,49)43-19-10-28(11-20-43)27-8-15-42(16-9-27)36(46)30(22-26-6-7-34-31(23-26)25-38-40-34)24-35(45)41-17-13-32(14-18-41)44-21-12-29-4-2-3-5-33(29)39-37(44)47/h2-7,23,25,27-28,30,32H,8-22,24H2,1H3,(H,38,40)(H,39,47). The van der Waals surface area contributed by atoms with Crippen molar-refractivity contribution in [1.29, 1.82) is 0 Å². The van der Waals surface area contributed by atoms with Crippen LogP contribution in [0.25, 0.3) is 10.9 Å². The van der Waals surface area contributed by atoms with Crippen molar-refractivity contribution in [2.45, 2.75) is 63.8 Å². The Bertz CT molecular complexity index is 1800. The van der Waals surface area contributed by atoms with E-state index >= 15 is 0 Å². The first-order chi connectivity index (χ1) is 24.1. The van der Waals surface area contributed by atoms with Gasteiger partial charge in [0.2, 0.25) is 21.8 Å². The maximum absolute atomic E-state index is 14.2. The summed E-state index contributed by atoms with van der Waals surface area (Å²) in [6, 6.07) is 13.9. The number of hydrogen-bond acceptors (Lipinski definition) is 6. The first-order valence-corrected chi connectivity index (χ1v) is 20.1. The highest BCUT2D eigenvalue weighted by atomic mass is 32.2. The van der Waals surface area contributed by atoms with Crippen molar-refractivity contribution < 1.29 is 22.8 Å². The summed E-state index contributed by atoms with van der Waals surface area (Å²) in [4.78, 5) is 47.0. The summed E-state index contributed by atoms with van der Waals surface area (Å²) in [5.74, 6) is 0.501. The predicted octanol–water partition coefficient (Wildman–Crippen LogP) is 4.10. The Labute approximate surface area is 294 Å². The number of sulfonamides is 1. The van der Waals surface area contributed by atoms with E-state index in [2.05, 4.69) is 27.6 Å². The first-order valence-electron chi connectivity index (χ1n) is 18.2. The summed E-state index contributed by atoms with van der Waals surface area (Å²) in [7, 11) is -3.16. The summed E-state index contributed by atoms with van der Waals surface area (Å²) in [5, 5.41) is 11.2. The summed E-state index contributed by atoms with van der Waals surface area (Å²) < 4.78 is 25.5. The second-order valence-corrected chi connectivity index (χ2v) is 16.7. The number of para-hydroxylation sites is 1. The number of amides is 4. The molecule has 13 heteroatoms. The molecular weight excluding hydrogens is 655 g/mol. The Balaban J connectivity index is 0.971. The smallest absolute Gasteiger partial charge is 0.322 e. The average molecular weight is 704 g/mol. The summed E-state index contributed by atoms with van der Waals surface area (Å²) >= 11 is 0. The van der Waals surface area contributed by atoms with Gasteiger partial charge in [-0.05, 0) is 92.5 Å². The molecule has 4 amide bonds. The lowest BCUT2D eigenvalue weighted by Gasteiger charge is -2.40. The van der Waals surface area contributed by atoms with Gasteiger partial charge in [-0.25, -0.2) is 17.5 Å². The molecule has 268 valence electrons. The van der Waals surface area contributed by atoms with Gasteiger partial charge in [0.25, 0.3) is 0 Å². The topological polar surface area (TPSA) is 139 Å². The lowest BCUT2D eigenvalue weighted by Crippen LogP contribution is -2.50. The Morgan fingerprint density at radius 1 is 0.880 bits per heavy atom. The number of hydrogen-bond donors (Lipinski definition) is 2. The third-order valence-electron chi connectivity index (χ3n) is 11.6. The van der Waals surface area contributed by atoms with Gasteiger partial charge in [0.15, 0.2) is 0 Å². The minimum absolute atomic E-state index is 0.00793. The van der Waals surface area contributed by atoms with Crippen LogP contribution in [0.4, 0.5) is 10.5 Å². The molecular formula is C37H49N7O5S. The van der Waals surface area contributed by atoms with Gasteiger partial charge >= 0.3 is 6.03 Å². The number of anilines is 1. The van der Waals surface area contributed by atoms with Gasteiger partial charge in [0.1, 0.15) is 0 Å². The molecule has 2 aromatic carbocycles. The van der Waals surface area contributed by atoms with E-state index < -0.39 is 15.9 Å². The number of aromatic nitrogens is 2. The number of aromatic amines is 1. The van der Waals surface area contributed by atoms with Crippen molar-refractivity contribution in [3.63, 3.8) is 0 Å². The van der Waals surface area contributed by atoms with Crippen molar-refractivity contribution in [2.24, 2.45) is 17.8 Å². The van der Waals surface area contributed by atoms with E-state index in [0.29, 0.717) is 76.9 Å². The number of urea groups is 1. The summed E-state index contributed by atoms with van der Waals surface area (Å²) in [6.07, 6.45) is 9.43. The number of piperidine rings is 3. The van der Waals surface area contributed by atoms with Crippen LogP contribution >= 0.6 is 0 Å². The number of nitrogens with one attached hydrogen (secondary N) is 2. The van der Waals surface area contributed by atoms with E-state index in [1.165, 1.54) is 6.26 Å². The zero-order valence-electron chi connectivity index (χ0n) is 28.9. The van der Waals surface area contributed by atoms with Crippen LogP contribution in [0.15, 0.2) is 48.7 Å². The van der Waals surface area contributed by atoms with Crippen molar-refractivity contribution in [2.75, 3.05) is 57.4 Å². The quantitative estimate of drug-likeness (QED) is 0.362. The van der Waals surface area contributed by atoms with Gasteiger partial charge in [-0.15, -0.1) is 0 Å². The first kappa shape index (κ1) is 34.5. The van der Waals surface area contributed by atoms with Crippen molar-refractivity contribution in [1.82, 2.24) is 29.2 Å². The summed E-state index contributed by atoms with van der Waals surface area (Å²) in [6.45, 7) is 4.24. The molecule has 3 fully saturated rings. The van der Waals surface area contributed by atoms with Crippen molar-refractivity contribution in [3.8, 4) is 0 Å². The monoisotopic (exact) mass is 703 g/mol. The normalized spacial score (nSPS) is 21.1. The third-order valence-corrected chi connectivity index (χ3v) is 12.9. The molecule has 1 unspecified atom stereocenters. The van der Waals surface area contributed by atoms with E-state index in [4.69, 9.17) is 0 Å². The molecule has 0 spiro atoms. The molecule has 5 heterocycles. The van der Waals surface area contributed by atoms with Crippen molar-refractivity contribution in [3.05, 3.63) is 59.8 Å². The fraction of sp³-hybridized carbons (Fsp3) is 0.568. The molecule has 7 rings (SSSR count). The lowest BCUT2D eigenvalue weighted by atomic mass is 9.79. The molecule has 4 aliphatic rings. The minimum atomic E-state index is -3.16. The highest BCUT2D eigenvalue weighted by molar-refractivity contribution is 7.88. The average Bonchev–Trinajstić information content (AvgIpc) is 3.53. The Morgan fingerprint density at radius 3 is 2.28 bits per heavy atom. The molecule has 12 nitrogen and oxygen atoms in total. The second kappa shape index (κ2) is 14.7. The lowest BCUT2D eigenvalue weighted by molar-refractivity contribution is -0.143. The number of nitrogens with zero attached hydrogens (tertiary/aromatic N) is 5. The highest BCUT2D eigenvalue weighted by Crippen LogP contribution is 2.34. The van der Waals surface area contributed by atoms with Crippen LogP contribution in [-0.2, 0) is 32.5 Å². The van der Waals surface area contributed by atoms with Crippen LogP contribution in [0.2, 0.25) is 0 Å². The maximum Gasteiger partial charge on any atom is 0.322 e. The van der Waals surface area contributed by atoms with Gasteiger partial charge in [-0.3, -0.25) is 14.7 Å². The number of rotatable bonds is 8. The molecule has 0 radical (unpaired) electrons. The zero-order chi connectivity index (χ0) is 34.8. The summed E-state index contributed by atoms with van der Waals surface area (Å²) in [5.41, 5.74) is 3.94. The predicted molar refractivity (Wildman–Crippen MR) is 192 cm³/mol. The molecule has 4 aliphatic heterocycles. The highest BCUT2D eigenvalue weighted by Gasteiger charge is 2.37. The second-order valence-electron chi connectivity index (χ2n) is 14.7. The molecule has 3 saturated heterocycles. The Kier molecular flexibility index (Phi) is 10.1. The number of carbonyl (C=O) groups excluding carboxylic acids is 3. The van der Waals surface area contributed by atoms with Crippen LogP contribution < -0.4 is 5.32 Å². The molecule has 0 aliphatic carbocycles. The number of fused-ring (bicyclic) bond motifs is 2. The Hall–Kier alpha value is -3.97. The van der Waals surface area contributed by atoms with E-state index in [1.807, 2.05) is 45.0 Å². The fourth-order valence-electron chi connectivity index (χ4n) is 8.68. The minimum Gasteiger partial charge on any atom is -0.343 e. The fourth-order valence-corrected chi connectivity index (χ4v) is 9.56. The van der Waals surface area contributed by atoms with Gasteiger partial charge in [-0.2, -0.15) is 5.10 Å². The number of benzene rings is 2. The molecule has 1 atom stereocenters. The van der Waals surface area contributed by atoms with Gasteiger partial charge in [0, 0.05) is 69.3 Å². The van der Waals surface area contributed by atoms with Gasteiger partial charge in [0.05, 0.1) is 23.9 Å². The van der Waals surface area contributed by atoms with E-state index in [0.717, 1.165) is 59.8 Å². The SMILES string of the molecule is CS(=O)(=O)N1CCC(C2CCN(C(=O)C(CC(=O)N3CCC(N4CCc5ccccc5NC4=O)CC3)Cc3ccc4[nH]ncc4c3)CC2)CC1. The van der Waals surface area contributed by atoms with Crippen LogP contribution in [0, 0.1) is 17.8 Å². The number of likely N-dealkylation sites (tertiary alicyclic amines) is 2. The van der Waals surface area contributed by atoms with Crippen LogP contribution in [0.5, 0.6) is 0 Å². The van der Waals surface area contributed by atoms with E-state index in [-0.39, 0.29) is 30.3 Å². The largest absolute Gasteiger partial charge is 0.343 e. The zero-order valence-corrected chi connectivity index (χ0v) is 29.7. The van der Waals surface area contributed by atoms with Gasteiger partial charge in [-0.1, -0.05) is 24.3 Å².